The van der Waals surface area contributed by atoms with E-state index in [0.717, 1.165) is 16.5 Å². The summed E-state index contributed by atoms with van der Waals surface area (Å²) in [6.07, 6.45) is 3.16. The van der Waals surface area contributed by atoms with Crippen LogP contribution < -0.4 is 4.74 Å². The van der Waals surface area contributed by atoms with Gasteiger partial charge < -0.3 is 19.3 Å². The minimum absolute atomic E-state index is 0.0599. The number of aromatic nitrogens is 1. The number of hydrogen-bond donors (Lipinski definition) is 1. The zero-order valence-electron chi connectivity index (χ0n) is 18.9. The lowest BCUT2D eigenvalue weighted by Gasteiger charge is -2.31. The zero-order chi connectivity index (χ0) is 25.3. The standard InChI is InChI=1S/C25H24Cl2F2N2O4/c1-14-10-17(35-25(28)29)12-16-6-9-31(23(14)16)13-19-20(26)3-2-18(22(19)27)24(34)30-7-4-15(5-8-30)11-21(32)33/h2-3,6,9-10,12,15,25H,4-5,7-8,11,13H2,1H3,(H,32,33). The number of carbonyl (C=O) groups excluding carboxylic acids is 1. The van der Waals surface area contributed by atoms with Crippen LogP contribution in [-0.4, -0.2) is 46.2 Å². The van der Waals surface area contributed by atoms with E-state index in [1.807, 2.05) is 4.57 Å². The summed E-state index contributed by atoms with van der Waals surface area (Å²) in [5, 5.41) is 10.4. The third-order valence-corrected chi connectivity index (χ3v) is 7.15. The minimum Gasteiger partial charge on any atom is -0.481 e. The lowest BCUT2D eigenvalue weighted by molar-refractivity contribution is -0.138. The highest BCUT2D eigenvalue weighted by molar-refractivity contribution is 6.38. The molecule has 186 valence electrons. The van der Waals surface area contributed by atoms with Gasteiger partial charge in [-0.25, -0.2) is 0 Å². The van der Waals surface area contributed by atoms with Gasteiger partial charge in [-0.15, -0.1) is 0 Å². The normalized spacial score (nSPS) is 14.6. The molecule has 0 saturated carbocycles. The molecule has 4 rings (SSSR count). The van der Waals surface area contributed by atoms with Crippen molar-refractivity contribution in [2.75, 3.05) is 13.1 Å². The Morgan fingerprint density at radius 2 is 1.89 bits per heavy atom. The summed E-state index contributed by atoms with van der Waals surface area (Å²) >= 11 is 13.2. The van der Waals surface area contributed by atoms with Crippen molar-refractivity contribution in [1.29, 1.82) is 0 Å². The fourth-order valence-corrected chi connectivity index (χ4v) is 5.25. The highest BCUT2D eigenvalue weighted by atomic mass is 35.5. The van der Waals surface area contributed by atoms with Crippen LogP contribution in [0.4, 0.5) is 8.78 Å². The van der Waals surface area contributed by atoms with Crippen LogP contribution >= 0.6 is 23.2 Å². The topological polar surface area (TPSA) is 71.8 Å². The van der Waals surface area contributed by atoms with E-state index in [1.165, 1.54) is 0 Å². The Kier molecular flexibility index (Phi) is 7.52. The van der Waals surface area contributed by atoms with Crippen LogP contribution in [0.2, 0.25) is 10.0 Å². The lowest BCUT2D eigenvalue weighted by Crippen LogP contribution is -2.39. The highest BCUT2D eigenvalue weighted by Crippen LogP contribution is 2.33. The van der Waals surface area contributed by atoms with Crippen LogP contribution in [0.25, 0.3) is 10.9 Å². The Morgan fingerprint density at radius 3 is 2.54 bits per heavy atom. The molecule has 1 aliphatic rings. The van der Waals surface area contributed by atoms with Crippen molar-refractivity contribution in [2.45, 2.75) is 39.3 Å². The number of carboxylic acids is 1. The molecule has 6 nitrogen and oxygen atoms in total. The van der Waals surface area contributed by atoms with Crippen molar-refractivity contribution in [3.05, 3.63) is 63.3 Å². The molecule has 10 heteroatoms. The largest absolute Gasteiger partial charge is 0.481 e. The maximum atomic E-state index is 13.2. The molecule has 2 aromatic carbocycles. The molecule has 0 aliphatic carbocycles. The van der Waals surface area contributed by atoms with E-state index in [2.05, 4.69) is 4.74 Å². The van der Waals surface area contributed by atoms with Gasteiger partial charge in [-0.3, -0.25) is 9.59 Å². The number of nitrogens with zero attached hydrogens (tertiary/aromatic N) is 2. The third kappa shape index (κ3) is 5.54. The van der Waals surface area contributed by atoms with Gasteiger partial charge in [0.1, 0.15) is 5.75 Å². The number of fused-ring (bicyclic) bond motifs is 1. The van der Waals surface area contributed by atoms with Crippen molar-refractivity contribution in [2.24, 2.45) is 5.92 Å². The molecule has 1 saturated heterocycles. The summed E-state index contributed by atoms with van der Waals surface area (Å²) < 4.78 is 31.7. The monoisotopic (exact) mass is 524 g/mol. The average Bonchev–Trinajstić information content (AvgIpc) is 3.19. The molecular formula is C25H24Cl2F2N2O4. The summed E-state index contributed by atoms with van der Waals surface area (Å²) in [6.45, 7) is 0.105. The summed E-state index contributed by atoms with van der Waals surface area (Å²) in [6, 6.07) is 8.12. The first-order valence-corrected chi connectivity index (χ1v) is 11.9. The predicted octanol–water partition coefficient (Wildman–Crippen LogP) is 6.23. The number of hydrogen-bond acceptors (Lipinski definition) is 3. The molecule has 35 heavy (non-hydrogen) atoms. The average molecular weight is 525 g/mol. The Labute approximate surface area is 211 Å². The summed E-state index contributed by atoms with van der Waals surface area (Å²) in [7, 11) is 0. The van der Waals surface area contributed by atoms with Gasteiger partial charge in [0.15, 0.2) is 0 Å². The number of benzene rings is 2. The van der Waals surface area contributed by atoms with Crippen molar-refractivity contribution < 1.29 is 28.2 Å². The maximum absolute atomic E-state index is 13.2. The Hall–Kier alpha value is -2.84. The number of ether oxygens (including phenoxy) is 1. The van der Waals surface area contributed by atoms with Gasteiger partial charge in [0.25, 0.3) is 5.91 Å². The molecule has 1 N–H and O–H groups in total. The number of carboxylic acid groups (broad SMARTS) is 1. The Balaban J connectivity index is 1.58. The van der Waals surface area contributed by atoms with Crippen LogP contribution in [0.3, 0.4) is 0 Å². The minimum atomic E-state index is -2.91. The highest BCUT2D eigenvalue weighted by Gasteiger charge is 2.27. The van der Waals surface area contributed by atoms with E-state index in [1.54, 1.807) is 48.4 Å². The first kappa shape index (κ1) is 25.3. The van der Waals surface area contributed by atoms with E-state index >= 15 is 0 Å². The van der Waals surface area contributed by atoms with E-state index in [4.69, 9.17) is 28.3 Å². The van der Waals surface area contributed by atoms with Gasteiger partial charge in [0.05, 0.1) is 22.6 Å². The second kappa shape index (κ2) is 10.4. The molecule has 1 aliphatic heterocycles. The first-order valence-electron chi connectivity index (χ1n) is 11.2. The number of piperidine rings is 1. The van der Waals surface area contributed by atoms with Crippen molar-refractivity contribution in [3.63, 3.8) is 0 Å². The molecule has 1 fully saturated rings. The Morgan fingerprint density at radius 1 is 1.17 bits per heavy atom. The van der Waals surface area contributed by atoms with Crippen molar-refractivity contribution in [1.82, 2.24) is 9.47 Å². The van der Waals surface area contributed by atoms with Crippen LogP contribution in [0.5, 0.6) is 5.75 Å². The van der Waals surface area contributed by atoms with Gasteiger partial charge in [0, 0.05) is 41.7 Å². The molecular weight excluding hydrogens is 501 g/mol. The molecule has 0 atom stereocenters. The van der Waals surface area contributed by atoms with Crippen molar-refractivity contribution in [3.8, 4) is 5.75 Å². The summed E-state index contributed by atoms with van der Waals surface area (Å²) in [5.41, 5.74) is 2.47. The number of rotatable bonds is 7. The molecule has 1 amide bonds. The van der Waals surface area contributed by atoms with Crippen molar-refractivity contribution >= 4 is 46.0 Å². The molecule has 0 unspecified atom stereocenters. The van der Waals surface area contributed by atoms with E-state index in [9.17, 15) is 18.4 Å². The van der Waals surface area contributed by atoms with Crippen LogP contribution in [-0.2, 0) is 11.3 Å². The quantitative estimate of drug-likeness (QED) is 0.397. The second-order valence-electron chi connectivity index (χ2n) is 8.72. The molecule has 2 heterocycles. The molecule has 0 radical (unpaired) electrons. The molecule has 0 spiro atoms. The smallest absolute Gasteiger partial charge is 0.387 e. The number of amides is 1. The number of aliphatic carboxylic acids is 1. The van der Waals surface area contributed by atoms with Gasteiger partial charge >= 0.3 is 12.6 Å². The van der Waals surface area contributed by atoms with Gasteiger partial charge in [-0.05, 0) is 61.6 Å². The third-order valence-electron chi connectivity index (χ3n) is 6.36. The number of likely N-dealkylation sites (tertiary alicyclic amines) is 1. The van der Waals surface area contributed by atoms with Crippen LogP contribution in [0.1, 0.15) is 40.7 Å². The Bertz CT molecular complexity index is 1270. The number of halogens is 4. The van der Waals surface area contributed by atoms with Crippen LogP contribution in [0.15, 0.2) is 36.5 Å². The van der Waals surface area contributed by atoms with Gasteiger partial charge in [0.2, 0.25) is 0 Å². The van der Waals surface area contributed by atoms with Gasteiger partial charge in [-0.2, -0.15) is 8.78 Å². The van der Waals surface area contributed by atoms with E-state index < -0.39 is 12.6 Å². The fraction of sp³-hybridized carbons (Fsp3) is 0.360. The fourth-order valence-electron chi connectivity index (χ4n) is 4.68. The number of aryl methyl sites for hydroxylation is 1. The predicted molar refractivity (Wildman–Crippen MR) is 130 cm³/mol. The first-order chi connectivity index (χ1) is 16.6. The number of alkyl halides is 2. The van der Waals surface area contributed by atoms with Crippen LogP contribution in [0, 0.1) is 12.8 Å². The molecule has 3 aromatic rings. The second-order valence-corrected chi connectivity index (χ2v) is 9.51. The number of carbonyl (C=O) groups is 2. The zero-order valence-corrected chi connectivity index (χ0v) is 20.5. The molecule has 0 bridgehead atoms. The molecule has 1 aromatic heterocycles. The summed E-state index contributed by atoms with van der Waals surface area (Å²) in [5.74, 6) is -0.905. The SMILES string of the molecule is Cc1cc(OC(F)F)cc2ccn(Cc3c(Cl)ccc(C(=O)N4CCC(CC(=O)O)CC4)c3Cl)c12. The van der Waals surface area contributed by atoms with E-state index in [0.29, 0.717) is 42.1 Å². The maximum Gasteiger partial charge on any atom is 0.387 e. The summed E-state index contributed by atoms with van der Waals surface area (Å²) in [4.78, 5) is 25.9. The lowest BCUT2D eigenvalue weighted by atomic mass is 9.93. The van der Waals surface area contributed by atoms with Gasteiger partial charge in [-0.1, -0.05) is 23.2 Å². The van der Waals surface area contributed by atoms with E-state index in [-0.39, 0.29) is 35.6 Å².